The topological polar surface area (TPSA) is 377 Å². The number of hydrogen-bond acceptors (Lipinski definition) is 35. The molecule has 7 aliphatic rings. The van der Waals surface area contributed by atoms with E-state index in [2.05, 4.69) is 149 Å². The summed E-state index contributed by atoms with van der Waals surface area (Å²) in [5, 5.41) is 16.7. The number of nitrogens with one attached hydrogen (secondary N) is 5. The lowest BCUT2D eigenvalue weighted by molar-refractivity contribution is 0.0695. The molecule has 1 atom stereocenters. The molecular formula is C96H103F4N29O6S5. The third kappa shape index (κ3) is 21.9. The van der Waals surface area contributed by atoms with Crippen LogP contribution in [0.3, 0.4) is 0 Å². The number of benzene rings is 5. The molecule has 0 saturated carbocycles. The lowest BCUT2D eigenvalue weighted by atomic mass is 9.97. The number of thiazole rings is 5. The molecular weight excluding hydrogens is 1890 g/mol. The van der Waals surface area contributed by atoms with E-state index in [4.69, 9.17) is 9.72 Å². The number of likely N-dealkylation sites (N-methyl/N-ethyl adjacent to an activating group) is 2. The van der Waals surface area contributed by atoms with Crippen molar-refractivity contribution in [3.05, 3.63) is 205 Å². The Hall–Kier alpha value is -13.2. The number of carbonyl (C=O) groups excluding carboxylic acids is 5. The van der Waals surface area contributed by atoms with Gasteiger partial charge in [0.2, 0.25) is 0 Å². The number of carbonyl (C=O) groups is 5. The van der Waals surface area contributed by atoms with Gasteiger partial charge < -0.3 is 75.4 Å². The average Bonchev–Trinajstić information content (AvgIpc) is 1.42. The van der Waals surface area contributed by atoms with Gasteiger partial charge in [-0.2, -0.15) is 0 Å². The number of aromatic nitrogens is 15. The number of anilines is 10. The van der Waals surface area contributed by atoms with E-state index in [0.29, 0.717) is 160 Å². The predicted octanol–water partition coefficient (Wildman–Crippen LogP) is 13.4. The Morgan fingerprint density at radius 1 is 0.429 bits per heavy atom. The van der Waals surface area contributed by atoms with E-state index in [1.54, 1.807) is 69.0 Å². The first-order valence-electron chi connectivity index (χ1n) is 46.4. The maximum atomic E-state index is 13.5. The first-order chi connectivity index (χ1) is 68.1. The van der Waals surface area contributed by atoms with Gasteiger partial charge in [-0.05, 0) is 206 Å². The van der Waals surface area contributed by atoms with E-state index in [-0.39, 0.29) is 58.8 Å². The Morgan fingerprint density at radius 3 is 1.19 bits per heavy atom. The highest BCUT2D eigenvalue weighted by atomic mass is 32.1. The van der Waals surface area contributed by atoms with Crippen LogP contribution >= 0.6 is 56.7 Å². The van der Waals surface area contributed by atoms with Crippen molar-refractivity contribution >= 4 is 195 Å². The summed E-state index contributed by atoms with van der Waals surface area (Å²) in [4.78, 5) is 151. The number of rotatable bonds is 24. The van der Waals surface area contributed by atoms with Crippen molar-refractivity contribution in [1.29, 1.82) is 0 Å². The van der Waals surface area contributed by atoms with E-state index in [0.717, 1.165) is 172 Å². The largest absolute Gasteiger partial charge is 0.381 e. The lowest BCUT2D eigenvalue weighted by Gasteiger charge is -2.33. The maximum absolute atomic E-state index is 13.5. The third-order valence-electron chi connectivity index (χ3n) is 24.8. The van der Waals surface area contributed by atoms with Crippen LogP contribution in [0.5, 0.6) is 0 Å². The molecule has 2 saturated heterocycles. The molecule has 0 spiro atoms. The molecule has 0 radical (unpaired) electrons. The van der Waals surface area contributed by atoms with Crippen LogP contribution in [0, 0.1) is 23.3 Å². The van der Waals surface area contributed by atoms with Gasteiger partial charge in [0.05, 0.1) is 0 Å². The third-order valence-corrected chi connectivity index (χ3v) is 29.6. The summed E-state index contributed by atoms with van der Waals surface area (Å²) in [5.74, 6) is 1.97. The van der Waals surface area contributed by atoms with E-state index in [1.165, 1.54) is 122 Å². The number of fused-ring (bicyclic) bond motifs is 10. The van der Waals surface area contributed by atoms with Crippen LogP contribution in [0.4, 0.5) is 75.1 Å². The van der Waals surface area contributed by atoms with Gasteiger partial charge in [-0.1, -0.05) is 88.2 Å². The maximum Gasteiger partial charge on any atom is 0.282 e. The Balaban J connectivity index is 0.000000117. The minimum Gasteiger partial charge on any atom is -0.381 e. The minimum atomic E-state index is -0.242. The fourth-order valence-electron chi connectivity index (χ4n) is 17.6. The molecule has 5 N–H and O–H groups in total. The molecule has 726 valence electrons. The highest BCUT2D eigenvalue weighted by Gasteiger charge is 2.36. The van der Waals surface area contributed by atoms with Crippen LogP contribution in [0.25, 0.3) is 51.7 Å². The Bertz CT molecular complexity index is 7050. The summed E-state index contributed by atoms with van der Waals surface area (Å²) < 4.78 is 59.3. The van der Waals surface area contributed by atoms with E-state index >= 15 is 0 Å². The fourth-order valence-corrected chi connectivity index (χ4v) is 21.8. The van der Waals surface area contributed by atoms with Crippen molar-refractivity contribution in [2.24, 2.45) is 0 Å². The van der Waals surface area contributed by atoms with Gasteiger partial charge in [0.1, 0.15) is 107 Å². The number of ether oxygens (including phenoxy) is 1. The fraction of sp³-hybridized carbons (Fsp3) is 0.375. The average molecular weight is 2000 g/mol. The summed E-state index contributed by atoms with van der Waals surface area (Å²) in [7, 11) is 11.3. The van der Waals surface area contributed by atoms with E-state index in [9.17, 15) is 41.5 Å². The number of halogens is 4. The number of amides is 5. The number of nitrogens with zero attached hydrogens (tertiary/aromatic N) is 24. The minimum absolute atomic E-state index is 0.135. The molecule has 44 heteroatoms. The first-order valence-corrected chi connectivity index (χ1v) is 50.5. The van der Waals surface area contributed by atoms with Gasteiger partial charge in [0, 0.05) is 153 Å². The number of piperazine rings is 1. The van der Waals surface area contributed by atoms with Gasteiger partial charge in [-0.15, -0.1) is 0 Å². The standard InChI is InChI=1S/C26H33N7O2S.2C18H19FN6OS.C18H18FN5OS.C16H14FN5OS/c1-31-10-12-32(13-11-31)9-6-18-16-33(21-5-3-2-4-20(18)21)23-22-25(28-17-27-23)36-26(30-22)24(34)29-19-7-14-35-15-8-19;1-24(2)8-6-20-16(26)18-23-14-15(21-10-22-17(14)27-18)25-7-5-11-9-12(19)3-4-13(11)25;1-20-6-2-7-21-16(26)18-24-14-15(22-10-23-17(14)27-18)25-8-5-11-9-12(19)3-4-13(11)25;1-2-3-7-20-16(25)18-23-14-15(21-10-22-17(14)26-18)24-8-6-11-9-12(19)4-5-13(11)24;1-21(2)16(23)15-20-12-13(18-8-19-14(12)24-15)22-6-5-9-7-10(17)3-4-11(9)22/h2-5,17-19H,6-16H2,1H3,(H,29,34);3-4,9-10H,5-8H2,1-2H3,(H,20,26);3-4,9-10,20H,2,5-8H2,1H3,(H,21,26);4-5,9-10H,2-3,6-8H2,1H3,(H,20,25);3-4,7-8H,5-6H2,1-2H3. The second-order valence-electron chi connectivity index (χ2n) is 34.8. The summed E-state index contributed by atoms with van der Waals surface area (Å²) >= 11 is 6.34. The van der Waals surface area contributed by atoms with Gasteiger partial charge in [0.15, 0.2) is 54.1 Å². The van der Waals surface area contributed by atoms with Crippen LogP contribution in [-0.2, 0) is 30.4 Å². The molecule has 22 rings (SSSR count). The molecule has 10 aromatic heterocycles. The molecule has 2 fully saturated rings. The quantitative estimate of drug-likeness (QED) is 0.0277. The lowest BCUT2D eigenvalue weighted by Crippen LogP contribution is -2.44. The molecule has 7 aliphatic heterocycles. The molecule has 0 bridgehead atoms. The molecule has 5 amide bonds. The van der Waals surface area contributed by atoms with Crippen LogP contribution < -0.4 is 51.1 Å². The summed E-state index contributed by atoms with van der Waals surface area (Å²) in [6.07, 6.45) is 16.0. The first kappa shape index (κ1) is 97.1. The van der Waals surface area contributed by atoms with Crippen molar-refractivity contribution in [3.63, 3.8) is 0 Å². The van der Waals surface area contributed by atoms with Crippen molar-refractivity contribution in [1.82, 2.24) is 121 Å². The Labute approximate surface area is 823 Å². The van der Waals surface area contributed by atoms with Crippen molar-refractivity contribution in [2.45, 2.75) is 83.1 Å². The highest BCUT2D eigenvalue weighted by Crippen LogP contribution is 2.47. The van der Waals surface area contributed by atoms with Crippen molar-refractivity contribution < 1.29 is 46.3 Å². The number of para-hydroxylation sites is 1. The molecule has 15 aromatic rings. The van der Waals surface area contributed by atoms with Gasteiger partial charge in [-0.25, -0.2) is 92.3 Å². The zero-order valence-electron chi connectivity index (χ0n) is 78.1. The highest BCUT2D eigenvalue weighted by molar-refractivity contribution is 7.21. The van der Waals surface area contributed by atoms with Crippen LogP contribution in [-0.4, -0.2) is 284 Å². The SMILES string of the molecule is CCCCNC(=O)c1nc2c(N3CCc4cc(F)ccc43)ncnc2s1.CN(C)C(=O)c1nc2c(N3CCc4cc(F)ccc43)ncnc2s1.CN(C)CCNC(=O)c1nc2c(N3CCc4cc(F)ccc43)ncnc2s1.CN1CCN(CCC2CN(c3ncnc4sc(C(=O)NC5CCOCC5)nc34)c3ccccc32)CC1.CNCCCNC(=O)c1nc2c(N3CCc4cc(F)ccc43)ncnc2s1. The van der Waals surface area contributed by atoms with Gasteiger partial charge in [0.25, 0.3) is 29.5 Å². The second kappa shape index (κ2) is 44.1. The second-order valence-corrected chi connectivity index (χ2v) is 39.7. The molecule has 5 aromatic carbocycles. The summed E-state index contributed by atoms with van der Waals surface area (Å²) in [6, 6.07) is 27.8. The smallest absolute Gasteiger partial charge is 0.282 e. The van der Waals surface area contributed by atoms with Gasteiger partial charge >= 0.3 is 0 Å². The van der Waals surface area contributed by atoms with E-state index in [1.807, 2.05) is 45.6 Å². The molecule has 140 heavy (non-hydrogen) atoms. The molecule has 0 aliphatic carbocycles. The molecule has 35 nitrogen and oxygen atoms in total. The van der Waals surface area contributed by atoms with E-state index < -0.39 is 0 Å². The van der Waals surface area contributed by atoms with Crippen molar-refractivity contribution in [2.75, 3.05) is 178 Å². The van der Waals surface area contributed by atoms with Crippen LogP contribution in [0.15, 0.2) is 129 Å². The predicted molar refractivity (Wildman–Crippen MR) is 538 cm³/mol. The van der Waals surface area contributed by atoms with Crippen LogP contribution in [0.1, 0.15) is 128 Å². The molecule has 17 heterocycles. The van der Waals surface area contributed by atoms with Crippen LogP contribution in [0.2, 0.25) is 0 Å². The monoisotopic (exact) mass is 1990 g/mol. The van der Waals surface area contributed by atoms with Gasteiger partial charge in [-0.3, -0.25) is 24.0 Å². The number of hydrogen-bond donors (Lipinski definition) is 5. The normalized spacial score (nSPS) is 15.5. The Morgan fingerprint density at radius 2 is 0.800 bits per heavy atom. The zero-order chi connectivity index (χ0) is 97.2. The Kier molecular flexibility index (Phi) is 30.6. The molecule has 1 unspecified atom stereocenters. The summed E-state index contributed by atoms with van der Waals surface area (Å²) in [6.45, 7) is 16.1. The van der Waals surface area contributed by atoms with Crippen molar-refractivity contribution in [3.8, 4) is 0 Å². The summed E-state index contributed by atoms with van der Waals surface area (Å²) in [5.41, 5.74) is 13.1. The zero-order valence-corrected chi connectivity index (χ0v) is 82.2. The number of unbranched alkanes of at least 4 members (excludes halogenated alkanes) is 1.